The first kappa shape index (κ1) is 19.9. The fraction of sp³-hybridized carbons (Fsp3) is 0.611. The molecule has 138 valence electrons. The van der Waals surface area contributed by atoms with E-state index < -0.39 is 19.0 Å². The number of rotatable bonds is 10. The Morgan fingerprint density at radius 2 is 1.92 bits per heavy atom. The van der Waals surface area contributed by atoms with E-state index in [1.165, 1.54) is 11.1 Å². The van der Waals surface area contributed by atoms with Crippen LogP contribution in [0.25, 0.3) is 0 Å². The molecule has 0 amide bonds. The van der Waals surface area contributed by atoms with Gasteiger partial charge in [0.2, 0.25) is 0 Å². The van der Waals surface area contributed by atoms with Crippen molar-refractivity contribution >= 4 is 13.1 Å². The van der Waals surface area contributed by atoms with Crippen molar-refractivity contribution in [3.05, 3.63) is 35.4 Å². The predicted molar refractivity (Wildman–Crippen MR) is 96.0 cm³/mol. The second-order valence-corrected chi connectivity index (χ2v) is 6.87. The highest BCUT2D eigenvalue weighted by Crippen LogP contribution is 2.24. The average molecular weight is 349 g/mol. The third-order valence-corrected chi connectivity index (χ3v) is 5.05. The molecule has 1 aliphatic heterocycles. The number of benzene rings is 1. The summed E-state index contributed by atoms with van der Waals surface area (Å²) in [7, 11) is -1.32. The molecule has 25 heavy (non-hydrogen) atoms. The Bertz CT molecular complexity index is 554. The Balaban J connectivity index is 1.87. The summed E-state index contributed by atoms with van der Waals surface area (Å²) in [4.78, 5) is 13.7. The van der Waals surface area contributed by atoms with Crippen LogP contribution in [-0.2, 0) is 17.8 Å². The van der Waals surface area contributed by atoms with Crippen LogP contribution < -0.4 is 0 Å². The van der Waals surface area contributed by atoms with Crippen LogP contribution in [0.4, 0.5) is 0 Å². The van der Waals surface area contributed by atoms with Gasteiger partial charge in [-0.3, -0.25) is 9.69 Å². The zero-order valence-electron chi connectivity index (χ0n) is 14.5. The molecule has 7 heteroatoms. The first-order valence-corrected chi connectivity index (χ1v) is 9.02. The molecule has 0 radical (unpaired) electrons. The average Bonchev–Trinajstić information content (AvgIpc) is 2.59. The van der Waals surface area contributed by atoms with E-state index in [9.17, 15) is 15.0 Å². The van der Waals surface area contributed by atoms with E-state index in [4.69, 9.17) is 10.0 Å². The van der Waals surface area contributed by atoms with Crippen molar-refractivity contribution in [1.29, 1.82) is 0 Å². The van der Waals surface area contributed by atoms with Gasteiger partial charge in [0.25, 0.3) is 0 Å². The Hall–Kier alpha value is -1.41. The van der Waals surface area contributed by atoms with E-state index in [0.717, 1.165) is 13.0 Å². The summed E-state index contributed by atoms with van der Waals surface area (Å²) in [6, 6.07) is 8.22. The molecule has 6 nitrogen and oxygen atoms in total. The van der Waals surface area contributed by atoms with Crippen LogP contribution in [-0.4, -0.2) is 57.4 Å². The molecule has 1 aromatic rings. The summed E-state index contributed by atoms with van der Waals surface area (Å²) >= 11 is 0. The van der Waals surface area contributed by atoms with E-state index in [1.807, 2.05) is 12.1 Å². The van der Waals surface area contributed by atoms with E-state index in [2.05, 4.69) is 17.0 Å². The zero-order chi connectivity index (χ0) is 18.2. The Labute approximate surface area is 149 Å². The standard InChI is InChI=1S/C18H28BNO5/c21-13-17-11-15-6-1-2-7-16(15)12-20(17)10-8-14(18(22)23)5-3-4-9-19(24)25/h1-2,6-7,14,17,21,24-25H,3-5,8-13H2,(H,22,23)/t14-,17-/m0/s1. The number of unbranched alkanes of at least 4 members (excludes halogenated alkanes) is 1. The van der Waals surface area contributed by atoms with Gasteiger partial charge in [-0.2, -0.15) is 0 Å². The molecule has 2 rings (SSSR count). The van der Waals surface area contributed by atoms with Crippen LogP contribution >= 0.6 is 0 Å². The monoisotopic (exact) mass is 349 g/mol. The fourth-order valence-corrected chi connectivity index (χ4v) is 3.51. The van der Waals surface area contributed by atoms with Crippen molar-refractivity contribution in [3.63, 3.8) is 0 Å². The normalized spacial score (nSPS) is 18.6. The number of aliphatic hydroxyl groups excluding tert-OH is 1. The second kappa shape index (κ2) is 9.92. The molecule has 2 atom stereocenters. The molecule has 4 N–H and O–H groups in total. The van der Waals surface area contributed by atoms with Gasteiger partial charge in [0.15, 0.2) is 0 Å². The topological polar surface area (TPSA) is 101 Å². The Morgan fingerprint density at radius 3 is 2.56 bits per heavy atom. The second-order valence-electron chi connectivity index (χ2n) is 6.87. The number of nitrogens with zero attached hydrogens (tertiary/aromatic N) is 1. The van der Waals surface area contributed by atoms with Crippen molar-refractivity contribution in [2.75, 3.05) is 13.2 Å². The molecule has 0 unspecified atom stereocenters. The van der Waals surface area contributed by atoms with Gasteiger partial charge in [-0.1, -0.05) is 37.1 Å². The predicted octanol–water partition coefficient (Wildman–Crippen LogP) is 1.14. The summed E-state index contributed by atoms with van der Waals surface area (Å²) < 4.78 is 0. The molecule has 0 spiro atoms. The van der Waals surface area contributed by atoms with Crippen LogP contribution in [0, 0.1) is 5.92 Å². The molecule has 1 aliphatic rings. The van der Waals surface area contributed by atoms with Gasteiger partial charge in [-0.25, -0.2) is 0 Å². The smallest absolute Gasteiger partial charge is 0.451 e. The van der Waals surface area contributed by atoms with Crippen molar-refractivity contribution in [2.24, 2.45) is 5.92 Å². The van der Waals surface area contributed by atoms with E-state index in [1.54, 1.807) is 0 Å². The van der Waals surface area contributed by atoms with Crippen LogP contribution in [0.2, 0.25) is 6.32 Å². The minimum Gasteiger partial charge on any atom is -0.481 e. The lowest BCUT2D eigenvalue weighted by atomic mass is 9.82. The van der Waals surface area contributed by atoms with Crippen molar-refractivity contribution < 1.29 is 25.1 Å². The van der Waals surface area contributed by atoms with Gasteiger partial charge in [0.05, 0.1) is 12.5 Å². The highest BCUT2D eigenvalue weighted by molar-refractivity contribution is 6.40. The molecule has 0 bridgehead atoms. The van der Waals surface area contributed by atoms with Crippen LogP contribution in [0.15, 0.2) is 24.3 Å². The molecule has 1 aromatic carbocycles. The number of carbonyl (C=O) groups is 1. The number of fused-ring (bicyclic) bond motifs is 1. The third-order valence-electron chi connectivity index (χ3n) is 5.05. The molecule has 0 aliphatic carbocycles. The number of carboxylic acid groups (broad SMARTS) is 1. The zero-order valence-corrected chi connectivity index (χ0v) is 14.5. The first-order valence-electron chi connectivity index (χ1n) is 9.02. The summed E-state index contributed by atoms with van der Waals surface area (Å²) in [5, 5.41) is 36.8. The van der Waals surface area contributed by atoms with Crippen LogP contribution in [0.5, 0.6) is 0 Å². The summed E-state index contributed by atoms with van der Waals surface area (Å²) in [6.07, 6.45) is 3.42. The Morgan fingerprint density at radius 1 is 1.20 bits per heavy atom. The lowest BCUT2D eigenvalue weighted by molar-refractivity contribution is -0.142. The maximum atomic E-state index is 11.5. The lowest BCUT2D eigenvalue weighted by Gasteiger charge is -2.36. The molecule has 1 heterocycles. The number of carboxylic acids is 1. The van der Waals surface area contributed by atoms with E-state index in [0.29, 0.717) is 32.2 Å². The minimum atomic E-state index is -1.32. The van der Waals surface area contributed by atoms with Gasteiger partial charge in [-0.05, 0) is 43.3 Å². The quantitative estimate of drug-likeness (QED) is 0.373. The SMILES string of the molecule is O=C(O)[C@@H](CCCCB(O)O)CCN1Cc2ccccc2C[C@H]1CO. The molecule has 0 aromatic heterocycles. The van der Waals surface area contributed by atoms with Gasteiger partial charge in [0.1, 0.15) is 0 Å². The number of aliphatic carboxylic acids is 1. The molecular weight excluding hydrogens is 321 g/mol. The minimum absolute atomic E-state index is 0.0360. The number of aliphatic hydroxyl groups is 1. The maximum Gasteiger partial charge on any atom is 0.451 e. The summed E-state index contributed by atoms with van der Waals surface area (Å²) in [6.45, 7) is 1.45. The highest BCUT2D eigenvalue weighted by atomic mass is 16.4. The van der Waals surface area contributed by atoms with Crippen molar-refractivity contribution in [3.8, 4) is 0 Å². The first-order chi connectivity index (χ1) is 12.0. The van der Waals surface area contributed by atoms with Gasteiger partial charge in [-0.15, -0.1) is 0 Å². The third kappa shape index (κ3) is 6.11. The highest BCUT2D eigenvalue weighted by Gasteiger charge is 2.27. The van der Waals surface area contributed by atoms with Gasteiger partial charge in [0, 0.05) is 12.6 Å². The largest absolute Gasteiger partial charge is 0.481 e. The van der Waals surface area contributed by atoms with Gasteiger partial charge < -0.3 is 20.3 Å². The van der Waals surface area contributed by atoms with Crippen molar-refractivity contribution in [2.45, 2.75) is 51.0 Å². The molecule has 0 saturated carbocycles. The fourth-order valence-electron chi connectivity index (χ4n) is 3.51. The number of hydrogen-bond donors (Lipinski definition) is 4. The van der Waals surface area contributed by atoms with Crippen molar-refractivity contribution in [1.82, 2.24) is 4.90 Å². The van der Waals surface area contributed by atoms with E-state index >= 15 is 0 Å². The molecule has 0 saturated heterocycles. The molecule has 0 fully saturated rings. The summed E-state index contributed by atoms with van der Waals surface area (Å²) in [5.41, 5.74) is 2.51. The van der Waals surface area contributed by atoms with Crippen LogP contribution in [0.3, 0.4) is 0 Å². The van der Waals surface area contributed by atoms with E-state index in [-0.39, 0.29) is 19.0 Å². The van der Waals surface area contributed by atoms with Gasteiger partial charge >= 0.3 is 13.1 Å². The molecular formula is C18H28BNO5. The number of hydrogen-bond acceptors (Lipinski definition) is 5. The van der Waals surface area contributed by atoms with Crippen LogP contribution in [0.1, 0.15) is 36.8 Å². The lowest BCUT2D eigenvalue weighted by Crippen LogP contribution is -2.43. The maximum absolute atomic E-state index is 11.5. The Kier molecular flexibility index (Phi) is 7.90. The summed E-state index contributed by atoms with van der Waals surface area (Å²) in [5.74, 6) is -1.24.